The van der Waals surface area contributed by atoms with Crippen molar-refractivity contribution in [2.75, 3.05) is 33.0 Å². The zero-order valence-electron chi connectivity index (χ0n) is 29.7. The highest BCUT2D eigenvalue weighted by Gasteiger charge is 2.48. The molecule has 0 radical (unpaired) electrons. The molecule has 0 amide bonds. The van der Waals surface area contributed by atoms with E-state index in [2.05, 4.69) is 12.2 Å². The van der Waals surface area contributed by atoms with Crippen LogP contribution in [0.1, 0.15) is 91.4 Å². The van der Waals surface area contributed by atoms with E-state index >= 15 is 0 Å². The van der Waals surface area contributed by atoms with Crippen LogP contribution in [0.3, 0.4) is 0 Å². The predicted octanol–water partition coefficient (Wildman–Crippen LogP) is 3.88. The molecular weight excluding hydrogens is 636 g/mol. The molecule has 4 aliphatic heterocycles. The molecule has 0 aromatic carbocycles. The molecule has 0 aromatic rings. The molecule has 1 unspecified atom stereocenters. The van der Waals surface area contributed by atoms with E-state index in [9.17, 15) is 25.2 Å². The van der Waals surface area contributed by atoms with Gasteiger partial charge in [0.15, 0.2) is 6.10 Å². The SMILES string of the molecule is C/C=C/OC[C@H]1O[C@H]2COC(C)CCCC/C=C/CCCCCCCC(=O)O[C@H]3[C@H](O)[C@@H](O)[C@H](COC[C@@H]2[C@@H](O)[C@@H]1O)O[C@@H]3CO/C=C/C. The summed E-state index contributed by atoms with van der Waals surface area (Å²) in [6, 6.07) is 0. The summed E-state index contributed by atoms with van der Waals surface area (Å²) in [4.78, 5) is 12.8. The molecule has 0 aromatic heterocycles. The van der Waals surface area contributed by atoms with Gasteiger partial charge in [-0.3, -0.25) is 4.79 Å². The molecule has 282 valence electrons. The van der Waals surface area contributed by atoms with Crippen LogP contribution >= 0.6 is 0 Å². The highest BCUT2D eigenvalue weighted by Crippen LogP contribution is 2.30. The minimum atomic E-state index is -1.44. The van der Waals surface area contributed by atoms with Crippen LogP contribution in [0.25, 0.3) is 0 Å². The Balaban J connectivity index is 1.73. The van der Waals surface area contributed by atoms with Gasteiger partial charge in [0.25, 0.3) is 0 Å². The van der Waals surface area contributed by atoms with Gasteiger partial charge in [0, 0.05) is 12.3 Å². The smallest absolute Gasteiger partial charge is 0.306 e. The van der Waals surface area contributed by atoms with Gasteiger partial charge in [-0.1, -0.05) is 50.0 Å². The van der Waals surface area contributed by atoms with Gasteiger partial charge in [-0.05, 0) is 59.3 Å². The number of aliphatic hydroxyl groups is 4. The fourth-order valence-electron chi connectivity index (χ4n) is 6.40. The lowest BCUT2D eigenvalue weighted by Crippen LogP contribution is -2.61. The Morgan fingerprint density at radius 1 is 0.735 bits per heavy atom. The lowest BCUT2D eigenvalue weighted by molar-refractivity contribution is -0.254. The van der Waals surface area contributed by atoms with E-state index in [1.165, 1.54) is 12.5 Å². The predicted molar refractivity (Wildman–Crippen MR) is 182 cm³/mol. The standard InChI is InChI=1S/C37H62O12/c1-4-19-43-22-29-34(40)33(39)27-21-45-23-30-35(41)36(42)37(31(48-30)24-44-20-5-2)49-32(38)18-16-14-12-10-8-6-7-9-11-13-15-17-26(3)46-25-28(27)47-29/h4-5,7,9,19-20,26-31,33-37,39-42H,6,8,10-18,21-25H2,1-3H3/b9-7+,19-4+,20-5+/t26?,27-,28-,29+,30-,31+,33+,34+,35-,36+,37+/m0/s1. The molecule has 2 fully saturated rings. The van der Waals surface area contributed by atoms with Gasteiger partial charge in [-0.25, -0.2) is 0 Å². The zero-order chi connectivity index (χ0) is 35.4. The Hall–Kier alpha value is -2.03. The Labute approximate surface area is 292 Å². The summed E-state index contributed by atoms with van der Waals surface area (Å²) >= 11 is 0. The van der Waals surface area contributed by atoms with Crippen molar-refractivity contribution in [1.29, 1.82) is 0 Å². The molecule has 4 heterocycles. The van der Waals surface area contributed by atoms with Gasteiger partial charge >= 0.3 is 5.97 Å². The van der Waals surface area contributed by atoms with E-state index in [-0.39, 0.29) is 45.6 Å². The Bertz CT molecular complexity index is 988. The molecular formula is C37H62O12. The molecule has 4 rings (SSSR count). The lowest BCUT2D eigenvalue weighted by Gasteiger charge is -2.44. The van der Waals surface area contributed by atoms with E-state index in [1.54, 1.807) is 19.1 Å². The third-order valence-corrected chi connectivity index (χ3v) is 9.32. The van der Waals surface area contributed by atoms with E-state index in [0.29, 0.717) is 6.42 Å². The molecule has 4 N–H and O–H groups in total. The monoisotopic (exact) mass is 698 g/mol. The molecule has 12 heteroatoms. The Morgan fingerprint density at radius 2 is 1.37 bits per heavy atom. The first-order chi connectivity index (χ1) is 23.8. The van der Waals surface area contributed by atoms with Crippen LogP contribution in [0.15, 0.2) is 36.8 Å². The van der Waals surface area contributed by atoms with E-state index in [4.69, 9.17) is 33.2 Å². The molecule has 4 aliphatic rings. The van der Waals surface area contributed by atoms with Crippen molar-refractivity contribution in [2.45, 2.75) is 152 Å². The molecule has 11 atom stereocenters. The van der Waals surface area contributed by atoms with E-state index in [0.717, 1.165) is 57.8 Å². The number of aliphatic hydroxyl groups excluding tert-OH is 4. The molecule has 12 nitrogen and oxygen atoms in total. The van der Waals surface area contributed by atoms with Gasteiger partial charge in [0.2, 0.25) is 0 Å². The minimum absolute atomic E-state index is 0.0212. The quantitative estimate of drug-likeness (QED) is 0.180. The van der Waals surface area contributed by atoms with Gasteiger partial charge in [0.05, 0.1) is 50.7 Å². The third kappa shape index (κ3) is 14.3. The van der Waals surface area contributed by atoms with Gasteiger partial charge in [0.1, 0.15) is 49.8 Å². The number of ether oxygens (including phenoxy) is 7. The fourth-order valence-corrected chi connectivity index (χ4v) is 6.40. The first-order valence-electron chi connectivity index (χ1n) is 18.3. The second kappa shape index (κ2) is 23.4. The zero-order valence-corrected chi connectivity index (χ0v) is 29.7. The number of rotatable bonds is 6. The molecule has 2 saturated heterocycles. The normalized spacial score (nSPS) is 38.0. The van der Waals surface area contributed by atoms with Gasteiger partial charge < -0.3 is 53.6 Å². The molecule has 0 aliphatic carbocycles. The summed E-state index contributed by atoms with van der Waals surface area (Å²) in [5.41, 5.74) is 0. The fraction of sp³-hybridized carbons (Fsp3) is 0.811. The second-order valence-corrected chi connectivity index (χ2v) is 13.4. The van der Waals surface area contributed by atoms with Crippen LogP contribution in [0, 0.1) is 5.92 Å². The topological polar surface area (TPSA) is 163 Å². The lowest BCUT2D eigenvalue weighted by atomic mass is 9.87. The summed E-state index contributed by atoms with van der Waals surface area (Å²) in [5.74, 6) is -1.13. The maximum absolute atomic E-state index is 12.8. The van der Waals surface area contributed by atoms with Gasteiger partial charge in [-0.15, -0.1) is 0 Å². The summed E-state index contributed by atoms with van der Waals surface area (Å²) in [7, 11) is 0. The van der Waals surface area contributed by atoms with Crippen molar-refractivity contribution in [3.8, 4) is 0 Å². The van der Waals surface area contributed by atoms with E-state index < -0.39 is 66.8 Å². The molecule has 0 spiro atoms. The summed E-state index contributed by atoms with van der Waals surface area (Å²) in [5, 5.41) is 44.2. The number of hydrogen-bond acceptors (Lipinski definition) is 12. The van der Waals surface area contributed by atoms with Crippen molar-refractivity contribution in [1.82, 2.24) is 0 Å². The Morgan fingerprint density at radius 3 is 2.08 bits per heavy atom. The maximum Gasteiger partial charge on any atom is 0.306 e. The molecule has 2 bridgehead atoms. The van der Waals surface area contributed by atoms with Crippen LogP contribution in [0.2, 0.25) is 0 Å². The molecule has 0 saturated carbocycles. The number of carbonyl (C=O) groups excluding carboxylic acids is 1. The van der Waals surface area contributed by atoms with Gasteiger partial charge in [-0.2, -0.15) is 0 Å². The number of hydrogen-bond donors (Lipinski definition) is 4. The van der Waals surface area contributed by atoms with Crippen molar-refractivity contribution in [3.63, 3.8) is 0 Å². The largest absolute Gasteiger partial charge is 0.499 e. The summed E-state index contributed by atoms with van der Waals surface area (Å²) in [6.07, 6.45) is 11.2. The maximum atomic E-state index is 12.8. The highest BCUT2D eigenvalue weighted by molar-refractivity contribution is 5.69. The summed E-state index contributed by atoms with van der Waals surface area (Å²) < 4.78 is 41.1. The van der Waals surface area contributed by atoms with Crippen LogP contribution < -0.4 is 0 Å². The first kappa shape index (κ1) is 41.4. The Kier molecular flexibility index (Phi) is 19.8. The number of allylic oxidation sites excluding steroid dienone is 4. The summed E-state index contributed by atoms with van der Waals surface area (Å²) in [6.45, 7) is 5.64. The van der Waals surface area contributed by atoms with Crippen molar-refractivity contribution >= 4 is 5.97 Å². The average Bonchev–Trinajstić information content (AvgIpc) is 3.08. The number of carbonyl (C=O) groups is 1. The van der Waals surface area contributed by atoms with Crippen LogP contribution in [0.5, 0.6) is 0 Å². The average molecular weight is 699 g/mol. The third-order valence-electron chi connectivity index (χ3n) is 9.32. The minimum Gasteiger partial charge on any atom is -0.499 e. The van der Waals surface area contributed by atoms with Crippen LogP contribution in [0.4, 0.5) is 0 Å². The van der Waals surface area contributed by atoms with E-state index in [1.807, 2.05) is 13.8 Å². The number of esters is 1. The molecule has 49 heavy (non-hydrogen) atoms. The van der Waals surface area contributed by atoms with Crippen molar-refractivity contribution in [2.24, 2.45) is 5.92 Å². The second-order valence-electron chi connectivity index (χ2n) is 13.4. The highest BCUT2D eigenvalue weighted by atomic mass is 16.6. The van der Waals surface area contributed by atoms with Crippen molar-refractivity contribution < 1.29 is 58.4 Å². The van der Waals surface area contributed by atoms with Crippen molar-refractivity contribution in [3.05, 3.63) is 36.8 Å². The van der Waals surface area contributed by atoms with Crippen LogP contribution in [-0.4, -0.2) is 120 Å². The van der Waals surface area contributed by atoms with Crippen LogP contribution in [-0.2, 0) is 38.0 Å². The first-order valence-corrected chi connectivity index (χ1v) is 18.3. The number of fused-ring (bicyclic) bond motifs is 20.